The van der Waals surface area contributed by atoms with Gasteiger partial charge in [-0.25, -0.2) is 4.68 Å². The summed E-state index contributed by atoms with van der Waals surface area (Å²) in [6.07, 6.45) is 2.98. The van der Waals surface area contributed by atoms with Crippen LogP contribution in [0.3, 0.4) is 0 Å². The number of amides is 1. The molecule has 0 bridgehead atoms. The Bertz CT molecular complexity index is 1010. The summed E-state index contributed by atoms with van der Waals surface area (Å²) in [5.74, 6) is -0.0820. The van der Waals surface area contributed by atoms with Crippen molar-refractivity contribution in [2.24, 2.45) is 0 Å². The first-order valence-corrected chi connectivity index (χ1v) is 9.55. The van der Waals surface area contributed by atoms with E-state index in [1.807, 2.05) is 35.0 Å². The van der Waals surface area contributed by atoms with Crippen LogP contribution in [0.15, 0.2) is 48.5 Å². The molecule has 2 heterocycles. The van der Waals surface area contributed by atoms with Gasteiger partial charge in [-0.3, -0.25) is 4.79 Å². The van der Waals surface area contributed by atoms with E-state index in [-0.39, 0.29) is 18.3 Å². The Hall–Kier alpha value is -2.63. The summed E-state index contributed by atoms with van der Waals surface area (Å²) in [5.41, 5.74) is 7.69. The fourth-order valence-electron chi connectivity index (χ4n) is 4.13. The Labute approximate surface area is 170 Å². The van der Waals surface area contributed by atoms with Crippen LogP contribution in [0.1, 0.15) is 44.9 Å². The molecule has 0 fully saturated rings. The molecule has 0 unspecified atom stereocenters. The Balaban J connectivity index is 0.00000192. The number of aromatic nitrogens is 2. The highest BCUT2D eigenvalue weighted by Crippen LogP contribution is 2.28. The zero-order valence-electron chi connectivity index (χ0n) is 15.6. The van der Waals surface area contributed by atoms with E-state index in [9.17, 15) is 4.79 Å². The Kier molecular flexibility index (Phi) is 5.20. The van der Waals surface area contributed by atoms with Crippen LogP contribution >= 0.6 is 12.4 Å². The Morgan fingerprint density at radius 3 is 2.75 bits per heavy atom. The second-order valence-electron chi connectivity index (χ2n) is 7.26. The van der Waals surface area contributed by atoms with Gasteiger partial charge in [-0.15, -0.1) is 12.4 Å². The first-order chi connectivity index (χ1) is 13.3. The number of hydrogen-bond donors (Lipinski definition) is 2. The number of fused-ring (bicyclic) bond motifs is 2. The molecule has 1 aliphatic heterocycles. The molecule has 1 aromatic heterocycles. The van der Waals surface area contributed by atoms with Crippen LogP contribution in [0, 0.1) is 0 Å². The van der Waals surface area contributed by atoms with Gasteiger partial charge in [0.05, 0.1) is 5.69 Å². The van der Waals surface area contributed by atoms with Crippen molar-refractivity contribution in [3.05, 3.63) is 82.2 Å². The quantitative estimate of drug-likeness (QED) is 0.713. The standard InChI is InChI=1S/C22H22N4O.ClH/c27-22(24-12-15-9-10-16-13-23-14-17(16)11-15)21-19-7-4-8-20(19)26(25-21)18-5-2-1-3-6-18;/h1-3,5-6,9-11,23H,4,7-8,12-14H2,(H,24,27);1H. The highest BCUT2D eigenvalue weighted by atomic mass is 35.5. The number of nitrogens with one attached hydrogen (secondary N) is 2. The molecular weight excluding hydrogens is 372 g/mol. The number of benzene rings is 2. The fraction of sp³-hybridized carbons (Fsp3) is 0.273. The number of carbonyl (C=O) groups excluding carboxylic acids is 1. The average molecular weight is 395 g/mol. The maximum atomic E-state index is 12.9. The van der Waals surface area contributed by atoms with E-state index in [2.05, 4.69) is 33.9 Å². The number of hydrogen-bond acceptors (Lipinski definition) is 3. The summed E-state index contributed by atoms with van der Waals surface area (Å²) in [6, 6.07) is 16.5. The molecule has 0 spiro atoms. The lowest BCUT2D eigenvalue weighted by Gasteiger charge is -2.07. The zero-order chi connectivity index (χ0) is 18.2. The zero-order valence-corrected chi connectivity index (χ0v) is 16.4. The molecule has 1 aliphatic carbocycles. The molecule has 5 rings (SSSR count). The van der Waals surface area contributed by atoms with Gasteiger partial charge in [0.15, 0.2) is 5.69 Å². The van der Waals surface area contributed by atoms with E-state index >= 15 is 0 Å². The third kappa shape index (κ3) is 3.32. The van der Waals surface area contributed by atoms with Gasteiger partial charge in [0.1, 0.15) is 0 Å². The van der Waals surface area contributed by atoms with Crippen LogP contribution in [0.25, 0.3) is 5.69 Å². The summed E-state index contributed by atoms with van der Waals surface area (Å²) in [6.45, 7) is 2.37. The SMILES string of the molecule is Cl.O=C(NCc1ccc2c(c1)CNC2)c1nn(-c2ccccc2)c2c1CCC2. The Morgan fingerprint density at radius 1 is 1.07 bits per heavy atom. The first kappa shape index (κ1) is 18.7. The molecule has 6 heteroatoms. The number of halogens is 1. The lowest BCUT2D eigenvalue weighted by atomic mass is 10.1. The van der Waals surface area contributed by atoms with Crippen LogP contribution in [0.4, 0.5) is 0 Å². The van der Waals surface area contributed by atoms with Gasteiger partial charge in [-0.2, -0.15) is 5.10 Å². The average Bonchev–Trinajstić information content (AvgIpc) is 3.42. The van der Waals surface area contributed by atoms with Gasteiger partial charge in [0.25, 0.3) is 5.91 Å². The van der Waals surface area contributed by atoms with E-state index in [0.717, 1.165) is 49.2 Å². The first-order valence-electron chi connectivity index (χ1n) is 9.55. The van der Waals surface area contributed by atoms with Crippen molar-refractivity contribution in [2.45, 2.75) is 38.9 Å². The van der Waals surface area contributed by atoms with Gasteiger partial charge >= 0.3 is 0 Å². The molecule has 0 saturated heterocycles. The molecule has 28 heavy (non-hydrogen) atoms. The van der Waals surface area contributed by atoms with Crippen molar-refractivity contribution in [2.75, 3.05) is 0 Å². The minimum atomic E-state index is -0.0820. The lowest BCUT2D eigenvalue weighted by Crippen LogP contribution is -2.24. The van der Waals surface area contributed by atoms with Crippen molar-refractivity contribution in [3.8, 4) is 5.69 Å². The van der Waals surface area contributed by atoms with Gasteiger partial charge in [-0.1, -0.05) is 36.4 Å². The van der Waals surface area contributed by atoms with E-state index < -0.39 is 0 Å². The van der Waals surface area contributed by atoms with Gasteiger partial charge in [0.2, 0.25) is 0 Å². The third-order valence-electron chi connectivity index (χ3n) is 5.50. The van der Waals surface area contributed by atoms with Crippen LogP contribution in [0.2, 0.25) is 0 Å². The molecule has 2 aromatic carbocycles. The Morgan fingerprint density at radius 2 is 1.89 bits per heavy atom. The predicted molar refractivity (Wildman–Crippen MR) is 111 cm³/mol. The molecule has 0 radical (unpaired) electrons. The van der Waals surface area contributed by atoms with E-state index in [4.69, 9.17) is 0 Å². The molecule has 1 amide bonds. The molecule has 0 saturated carbocycles. The summed E-state index contributed by atoms with van der Waals surface area (Å²) >= 11 is 0. The normalized spacial score (nSPS) is 14.3. The third-order valence-corrected chi connectivity index (χ3v) is 5.50. The highest BCUT2D eigenvalue weighted by Gasteiger charge is 2.26. The van der Waals surface area contributed by atoms with E-state index in [1.165, 1.54) is 16.8 Å². The van der Waals surface area contributed by atoms with Crippen LogP contribution in [-0.4, -0.2) is 15.7 Å². The maximum Gasteiger partial charge on any atom is 0.272 e. The van der Waals surface area contributed by atoms with Gasteiger partial charge in [0, 0.05) is 30.9 Å². The number of rotatable bonds is 4. The summed E-state index contributed by atoms with van der Waals surface area (Å²) in [5, 5.41) is 11.1. The second kappa shape index (κ2) is 7.78. The molecule has 144 valence electrons. The van der Waals surface area contributed by atoms with Crippen molar-refractivity contribution in [3.63, 3.8) is 0 Å². The summed E-state index contributed by atoms with van der Waals surface area (Å²) < 4.78 is 1.94. The fourth-order valence-corrected chi connectivity index (χ4v) is 4.13. The summed E-state index contributed by atoms with van der Waals surface area (Å²) in [7, 11) is 0. The number of para-hydroxylation sites is 1. The topological polar surface area (TPSA) is 59.0 Å². The molecule has 0 atom stereocenters. The maximum absolute atomic E-state index is 12.9. The number of carbonyl (C=O) groups is 1. The van der Waals surface area contributed by atoms with E-state index in [0.29, 0.717) is 12.2 Å². The highest BCUT2D eigenvalue weighted by molar-refractivity contribution is 5.94. The van der Waals surface area contributed by atoms with Crippen LogP contribution < -0.4 is 10.6 Å². The second-order valence-corrected chi connectivity index (χ2v) is 7.26. The lowest BCUT2D eigenvalue weighted by molar-refractivity contribution is 0.0944. The monoisotopic (exact) mass is 394 g/mol. The summed E-state index contributed by atoms with van der Waals surface area (Å²) in [4.78, 5) is 12.9. The van der Waals surface area contributed by atoms with Crippen LogP contribution in [0.5, 0.6) is 0 Å². The van der Waals surface area contributed by atoms with Crippen molar-refractivity contribution in [1.29, 1.82) is 0 Å². The minimum absolute atomic E-state index is 0. The molecule has 3 aromatic rings. The van der Waals surface area contributed by atoms with Crippen molar-refractivity contribution < 1.29 is 4.79 Å². The molecule has 2 N–H and O–H groups in total. The largest absolute Gasteiger partial charge is 0.347 e. The molecular formula is C22H23ClN4O. The van der Waals surface area contributed by atoms with Gasteiger partial charge in [-0.05, 0) is 48.1 Å². The smallest absolute Gasteiger partial charge is 0.272 e. The molecule has 5 nitrogen and oxygen atoms in total. The van der Waals surface area contributed by atoms with Crippen molar-refractivity contribution >= 4 is 18.3 Å². The van der Waals surface area contributed by atoms with Gasteiger partial charge < -0.3 is 10.6 Å². The predicted octanol–water partition coefficient (Wildman–Crippen LogP) is 3.32. The van der Waals surface area contributed by atoms with Crippen LogP contribution in [-0.2, 0) is 32.5 Å². The molecule has 2 aliphatic rings. The minimum Gasteiger partial charge on any atom is -0.347 e. The van der Waals surface area contributed by atoms with Crippen molar-refractivity contribution in [1.82, 2.24) is 20.4 Å². The number of nitrogens with zero attached hydrogens (tertiary/aromatic N) is 2. The van der Waals surface area contributed by atoms with E-state index in [1.54, 1.807) is 0 Å².